The lowest BCUT2D eigenvalue weighted by molar-refractivity contribution is 0.0920. The van der Waals surface area contributed by atoms with Crippen molar-refractivity contribution < 1.29 is 9.53 Å². The Bertz CT molecular complexity index is 478. The molecule has 0 aliphatic carbocycles. The van der Waals surface area contributed by atoms with Crippen LogP contribution in [0.3, 0.4) is 0 Å². The Labute approximate surface area is 119 Å². The van der Waals surface area contributed by atoms with Crippen LogP contribution in [-0.2, 0) is 4.74 Å². The Morgan fingerprint density at radius 2 is 2.35 bits per heavy atom. The number of ether oxygens (including phenoxy) is 1. The lowest BCUT2D eigenvalue weighted by atomic mass is 10.0. The summed E-state index contributed by atoms with van der Waals surface area (Å²) in [6.45, 7) is 4.41. The molecule has 0 saturated carbocycles. The SMILES string of the molecule is COCCN1CCCCC1c1ncc(C(N)=O)c(C)n1. The summed E-state index contributed by atoms with van der Waals surface area (Å²) in [5.41, 5.74) is 6.34. The molecule has 2 N–H and O–H groups in total. The Morgan fingerprint density at radius 1 is 1.55 bits per heavy atom. The number of aryl methyl sites for hydroxylation is 1. The maximum Gasteiger partial charge on any atom is 0.252 e. The monoisotopic (exact) mass is 278 g/mol. The molecule has 1 aromatic heterocycles. The lowest BCUT2D eigenvalue weighted by Gasteiger charge is -2.34. The molecule has 0 radical (unpaired) electrons. The van der Waals surface area contributed by atoms with Crippen LogP contribution in [0.2, 0.25) is 0 Å². The third-order valence-corrected chi connectivity index (χ3v) is 3.76. The highest BCUT2D eigenvalue weighted by Gasteiger charge is 2.26. The summed E-state index contributed by atoms with van der Waals surface area (Å²) in [6, 6.07) is 0.208. The van der Waals surface area contributed by atoms with Gasteiger partial charge in [0, 0.05) is 19.9 Å². The van der Waals surface area contributed by atoms with Gasteiger partial charge in [-0.15, -0.1) is 0 Å². The standard InChI is InChI=1S/C14H22N4O2/c1-10-11(13(15)19)9-16-14(17-10)12-5-3-4-6-18(12)7-8-20-2/h9,12H,3-8H2,1-2H3,(H2,15,19). The number of nitrogens with zero attached hydrogens (tertiary/aromatic N) is 3. The molecule has 6 nitrogen and oxygen atoms in total. The smallest absolute Gasteiger partial charge is 0.252 e. The van der Waals surface area contributed by atoms with Gasteiger partial charge in [0.15, 0.2) is 0 Å². The fourth-order valence-electron chi connectivity index (χ4n) is 2.65. The van der Waals surface area contributed by atoms with Gasteiger partial charge in [-0.3, -0.25) is 9.69 Å². The quantitative estimate of drug-likeness (QED) is 0.871. The zero-order valence-electron chi connectivity index (χ0n) is 12.1. The Morgan fingerprint density at radius 3 is 3.00 bits per heavy atom. The minimum Gasteiger partial charge on any atom is -0.383 e. The first-order chi connectivity index (χ1) is 9.63. The molecule has 0 bridgehead atoms. The number of rotatable bonds is 5. The molecule has 1 saturated heterocycles. The summed E-state index contributed by atoms with van der Waals surface area (Å²) in [5, 5.41) is 0. The average Bonchev–Trinajstić information content (AvgIpc) is 2.45. The lowest BCUT2D eigenvalue weighted by Crippen LogP contribution is -2.37. The first kappa shape index (κ1) is 14.9. The van der Waals surface area contributed by atoms with Gasteiger partial charge < -0.3 is 10.5 Å². The molecule has 0 spiro atoms. The predicted molar refractivity (Wildman–Crippen MR) is 75.3 cm³/mol. The number of piperidine rings is 1. The maximum absolute atomic E-state index is 11.2. The number of aromatic nitrogens is 2. The molecule has 20 heavy (non-hydrogen) atoms. The molecule has 1 aliphatic rings. The van der Waals surface area contributed by atoms with Crippen LogP contribution in [0.5, 0.6) is 0 Å². The minimum absolute atomic E-state index is 0.208. The molecule has 1 unspecified atom stereocenters. The topological polar surface area (TPSA) is 81.3 Å². The molecule has 2 rings (SSSR count). The summed E-state index contributed by atoms with van der Waals surface area (Å²) in [4.78, 5) is 22.4. The van der Waals surface area contributed by atoms with Crippen molar-refractivity contribution in [1.82, 2.24) is 14.9 Å². The van der Waals surface area contributed by atoms with E-state index in [1.807, 2.05) is 0 Å². The second-order valence-electron chi connectivity index (χ2n) is 5.13. The van der Waals surface area contributed by atoms with Crippen LogP contribution in [0, 0.1) is 6.92 Å². The summed E-state index contributed by atoms with van der Waals surface area (Å²) in [5.74, 6) is 0.303. The van der Waals surface area contributed by atoms with E-state index in [-0.39, 0.29) is 6.04 Å². The number of amides is 1. The van der Waals surface area contributed by atoms with Crippen molar-refractivity contribution in [3.63, 3.8) is 0 Å². The van der Waals surface area contributed by atoms with Crippen LogP contribution >= 0.6 is 0 Å². The summed E-state index contributed by atoms with van der Waals surface area (Å²) in [7, 11) is 1.71. The highest BCUT2D eigenvalue weighted by molar-refractivity contribution is 5.93. The first-order valence-corrected chi connectivity index (χ1v) is 6.99. The molecule has 1 amide bonds. The van der Waals surface area contributed by atoms with Crippen molar-refractivity contribution >= 4 is 5.91 Å². The van der Waals surface area contributed by atoms with Crippen molar-refractivity contribution in [3.05, 3.63) is 23.3 Å². The average molecular weight is 278 g/mol. The van der Waals surface area contributed by atoms with E-state index in [0.29, 0.717) is 17.9 Å². The van der Waals surface area contributed by atoms with Crippen molar-refractivity contribution in [2.24, 2.45) is 5.73 Å². The molecule has 1 fully saturated rings. The Balaban J connectivity index is 2.19. The summed E-state index contributed by atoms with van der Waals surface area (Å²) < 4.78 is 5.16. The maximum atomic E-state index is 11.2. The molecule has 6 heteroatoms. The number of likely N-dealkylation sites (tertiary alicyclic amines) is 1. The number of methoxy groups -OCH3 is 1. The zero-order chi connectivity index (χ0) is 14.5. The molecule has 1 aromatic rings. The van der Waals surface area contributed by atoms with Crippen LogP contribution in [0.15, 0.2) is 6.20 Å². The van der Waals surface area contributed by atoms with Crippen LogP contribution in [0.25, 0.3) is 0 Å². The van der Waals surface area contributed by atoms with Crippen LogP contribution < -0.4 is 5.73 Å². The van der Waals surface area contributed by atoms with E-state index < -0.39 is 5.91 Å². The van der Waals surface area contributed by atoms with Gasteiger partial charge in [0.25, 0.3) is 5.91 Å². The van der Waals surface area contributed by atoms with Gasteiger partial charge in [0.05, 0.1) is 23.9 Å². The van der Waals surface area contributed by atoms with Crippen LogP contribution in [-0.4, -0.2) is 47.6 Å². The van der Waals surface area contributed by atoms with E-state index in [1.165, 1.54) is 12.8 Å². The minimum atomic E-state index is -0.478. The number of carbonyl (C=O) groups excluding carboxylic acids is 1. The Hall–Kier alpha value is -1.53. The Kier molecular flexibility index (Phi) is 5.03. The molecule has 110 valence electrons. The highest BCUT2D eigenvalue weighted by atomic mass is 16.5. The molecule has 1 atom stereocenters. The number of nitrogens with two attached hydrogens (primary N) is 1. The number of primary amides is 1. The van der Waals surface area contributed by atoms with E-state index in [4.69, 9.17) is 10.5 Å². The molecule has 1 aliphatic heterocycles. The molecule has 2 heterocycles. The highest BCUT2D eigenvalue weighted by Crippen LogP contribution is 2.28. The zero-order valence-corrected chi connectivity index (χ0v) is 12.1. The second kappa shape index (κ2) is 6.76. The van der Waals surface area contributed by atoms with E-state index in [9.17, 15) is 4.79 Å². The number of hydrogen-bond donors (Lipinski definition) is 1. The van der Waals surface area contributed by atoms with Gasteiger partial charge in [0.2, 0.25) is 0 Å². The predicted octanol–water partition coefficient (Wildman–Crippen LogP) is 1.06. The van der Waals surface area contributed by atoms with Gasteiger partial charge in [-0.25, -0.2) is 9.97 Å². The largest absolute Gasteiger partial charge is 0.383 e. The normalized spacial score (nSPS) is 20.0. The molecule has 0 aromatic carbocycles. The van der Waals surface area contributed by atoms with Gasteiger partial charge in [-0.05, 0) is 26.3 Å². The third kappa shape index (κ3) is 3.32. The van der Waals surface area contributed by atoms with Gasteiger partial charge >= 0.3 is 0 Å². The third-order valence-electron chi connectivity index (χ3n) is 3.76. The number of carbonyl (C=O) groups is 1. The van der Waals surface area contributed by atoms with E-state index in [1.54, 1.807) is 20.2 Å². The van der Waals surface area contributed by atoms with Gasteiger partial charge in [0.1, 0.15) is 5.82 Å². The summed E-state index contributed by atoms with van der Waals surface area (Å²) in [6.07, 6.45) is 4.95. The van der Waals surface area contributed by atoms with Crippen molar-refractivity contribution in [2.75, 3.05) is 26.8 Å². The van der Waals surface area contributed by atoms with E-state index in [0.717, 1.165) is 25.3 Å². The number of hydrogen-bond acceptors (Lipinski definition) is 5. The van der Waals surface area contributed by atoms with Crippen molar-refractivity contribution in [3.8, 4) is 0 Å². The fourth-order valence-corrected chi connectivity index (χ4v) is 2.65. The fraction of sp³-hybridized carbons (Fsp3) is 0.643. The van der Waals surface area contributed by atoms with Gasteiger partial charge in [-0.2, -0.15) is 0 Å². The van der Waals surface area contributed by atoms with Crippen molar-refractivity contribution in [2.45, 2.75) is 32.2 Å². The van der Waals surface area contributed by atoms with Crippen LogP contribution in [0.1, 0.15) is 47.2 Å². The van der Waals surface area contributed by atoms with Crippen molar-refractivity contribution in [1.29, 1.82) is 0 Å². The second-order valence-corrected chi connectivity index (χ2v) is 5.13. The molecular formula is C14H22N4O2. The van der Waals surface area contributed by atoms with Gasteiger partial charge in [-0.1, -0.05) is 6.42 Å². The first-order valence-electron chi connectivity index (χ1n) is 6.99. The summed E-state index contributed by atoms with van der Waals surface area (Å²) >= 11 is 0. The van der Waals surface area contributed by atoms with Crippen LogP contribution in [0.4, 0.5) is 0 Å². The van der Waals surface area contributed by atoms with E-state index in [2.05, 4.69) is 14.9 Å². The molecular weight excluding hydrogens is 256 g/mol. The van der Waals surface area contributed by atoms with E-state index >= 15 is 0 Å².